The molecule has 0 fully saturated rings. The molecule has 1 atom stereocenters. The van der Waals surface area contributed by atoms with Crippen molar-refractivity contribution in [1.29, 1.82) is 0 Å². The molecule has 1 aliphatic rings. The zero-order valence-electron chi connectivity index (χ0n) is 26.7. The number of cyclic esters (lactones) is 1. The number of aliphatic hydroxyl groups is 1. The molecule has 4 aromatic carbocycles. The van der Waals surface area contributed by atoms with Gasteiger partial charge in [-0.1, -0.05) is 97.1 Å². The van der Waals surface area contributed by atoms with Crippen molar-refractivity contribution in [2.75, 3.05) is 20.8 Å². The normalized spacial score (nSPS) is 14.1. The Bertz CT molecular complexity index is 1610. The van der Waals surface area contributed by atoms with Crippen LogP contribution in [0.5, 0.6) is 11.5 Å². The summed E-state index contributed by atoms with van der Waals surface area (Å²) in [6.45, 7) is 0.216. The van der Waals surface area contributed by atoms with Crippen molar-refractivity contribution < 1.29 is 52.1 Å². The van der Waals surface area contributed by atoms with E-state index in [0.717, 1.165) is 22.3 Å². The first-order chi connectivity index (χ1) is 23.3. The van der Waals surface area contributed by atoms with E-state index in [1.165, 1.54) is 0 Å². The average Bonchev–Trinajstić information content (AvgIpc) is 3.42. The molecular formula is C36H39O11P. The fourth-order valence-corrected chi connectivity index (χ4v) is 5.23. The standard InChI is InChI=1S/C22H24O7.C14H15O4P/c1-25-17-9-5-3-7-15(17)13-27-20-19(11-12-23)29-22(24)21(20)28-14-16-8-4-6-10-18(16)26-2;15-19(16,17-11-13-7-3-1-4-8-13)18-12-14-9-5-2-6-10-14/h3-10,19,23H,11-14H2,1-2H3;1-10H,11-12H2,(H,15,16). The van der Waals surface area contributed by atoms with E-state index in [1.54, 1.807) is 14.2 Å². The maximum absolute atomic E-state index is 12.4. The van der Waals surface area contributed by atoms with Crippen LogP contribution in [0, 0.1) is 0 Å². The van der Waals surface area contributed by atoms with Gasteiger partial charge in [-0.05, 0) is 23.3 Å². The van der Waals surface area contributed by atoms with Crippen LogP contribution in [-0.4, -0.2) is 42.9 Å². The molecule has 5 rings (SSSR count). The Morgan fingerprint density at radius 1 is 0.667 bits per heavy atom. The van der Waals surface area contributed by atoms with Crippen LogP contribution in [0.15, 0.2) is 121 Å². The topological polar surface area (TPSA) is 139 Å². The van der Waals surface area contributed by atoms with Gasteiger partial charge >= 0.3 is 13.8 Å². The number of hydrogen-bond acceptors (Lipinski definition) is 10. The summed E-state index contributed by atoms with van der Waals surface area (Å²) in [5, 5.41) is 9.31. The quantitative estimate of drug-likeness (QED) is 0.0995. The number of phosphoric ester groups is 1. The highest BCUT2D eigenvalue weighted by Crippen LogP contribution is 2.45. The molecule has 12 heteroatoms. The van der Waals surface area contributed by atoms with Crippen molar-refractivity contribution in [3.8, 4) is 11.5 Å². The molecule has 0 spiro atoms. The molecule has 0 amide bonds. The molecule has 1 aliphatic heterocycles. The number of esters is 1. The lowest BCUT2D eigenvalue weighted by Crippen LogP contribution is -2.15. The summed E-state index contributed by atoms with van der Waals surface area (Å²) in [6.07, 6.45) is -0.482. The smallest absolute Gasteiger partial charge is 0.472 e. The molecule has 0 saturated carbocycles. The zero-order chi connectivity index (χ0) is 34.2. The van der Waals surface area contributed by atoms with Gasteiger partial charge in [0.2, 0.25) is 5.76 Å². The Kier molecular flexibility index (Phi) is 14.1. The van der Waals surface area contributed by atoms with Crippen LogP contribution < -0.4 is 9.47 Å². The van der Waals surface area contributed by atoms with Gasteiger partial charge in [0.05, 0.1) is 27.4 Å². The van der Waals surface area contributed by atoms with Crippen LogP contribution in [0.25, 0.3) is 0 Å². The number of methoxy groups -OCH3 is 2. The zero-order valence-corrected chi connectivity index (χ0v) is 27.6. The van der Waals surface area contributed by atoms with Gasteiger partial charge in [0.15, 0.2) is 11.9 Å². The van der Waals surface area contributed by atoms with E-state index in [2.05, 4.69) is 0 Å². The first-order valence-corrected chi connectivity index (χ1v) is 16.6. The Morgan fingerprint density at radius 3 is 1.60 bits per heavy atom. The lowest BCUT2D eigenvalue weighted by atomic mass is 10.2. The molecule has 254 valence electrons. The number of hydrogen-bond donors (Lipinski definition) is 2. The van der Waals surface area contributed by atoms with Gasteiger partial charge in [-0.25, -0.2) is 9.36 Å². The van der Waals surface area contributed by atoms with Gasteiger partial charge in [0.25, 0.3) is 0 Å². The maximum Gasteiger partial charge on any atom is 0.472 e. The largest absolute Gasteiger partial charge is 0.496 e. The predicted molar refractivity (Wildman–Crippen MR) is 176 cm³/mol. The molecular weight excluding hydrogens is 639 g/mol. The summed E-state index contributed by atoms with van der Waals surface area (Å²) in [4.78, 5) is 21.9. The van der Waals surface area contributed by atoms with Crippen LogP contribution in [0.1, 0.15) is 28.7 Å². The monoisotopic (exact) mass is 678 g/mol. The third kappa shape index (κ3) is 11.0. The third-order valence-corrected chi connectivity index (χ3v) is 7.87. The number of rotatable bonds is 16. The first kappa shape index (κ1) is 36.2. The lowest BCUT2D eigenvalue weighted by Gasteiger charge is -2.15. The molecule has 0 aromatic heterocycles. The van der Waals surface area contributed by atoms with Crippen molar-refractivity contribution in [2.24, 2.45) is 0 Å². The fraction of sp³-hybridized carbons (Fsp3) is 0.250. The molecule has 1 unspecified atom stereocenters. The fourth-order valence-electron chi connectivity index (χ4n) is 4.53. The van der Waals surface area contributed by atoms with Crippen molar-refractivity contribution in [3.63, 3.8) is 0 Å². The Morgan fingerprint density at radius 2 is 1.12 bits per heavy atom. The van der Waals surface area contributed by atoms with Crippen LogP contribution in [0.4, 0.5) is 0 Å². The number of benzene rings is 4. The first-order valence-electron chi connectivity index (χ1n) is 15.1. The van der Waals surface area contributed by atoms with E-state index in [4.69, 9.17) is 32.7 Å². The van der Waals surface area contributed by atoms with Crippen molar-refractivity contribution in [2.45, 2.75) is 39.0 Å². The van der Waals surface area contributed by atoms with E-state index in [9.17, 15) is 19.4 Å². The molecule has 4 aromatic rings. The molecule has 2 N–H and O–H groups in total. The number of carbonyl (C=O) groups is 1. The minimum absolute atomic E-state index is 0.00394. The summed E-state index contributed by atoms with van der Waals surface area (Å²) in [6, 6.07) is 33.2. The number of phosphoric acid groups is 1. The van der Waals surface area contributed by atoms with E-state index in [0.29, 0.717) is 11.5 Å². The van der Waals surface area contributed by atoms with Gasteiger partial charge in [-0.15, -0.1) is 0 Å². The second-order valence-corrected chi connectivity index (χ2v) is 11.7. The van der Waals surface area contributed by atoms with Crippen molar-refractivity contribution in [1.82, 2.24) is 0 Å². The van der Waals surface area contributed by atoms with Gasteiger partial charge in [0, 0.05) is 24.2 Å². The number of aliphatic hydroxyl groups excluding tert-OH is 1. The van der Waals surface area contributed by atoms with Crippen LogP contribution in [0.3, 0.4) is 0 Å². The van der Waals surface area contributed by atoms with Crippen LogP contribution in [0.2, 0.25) is 0 Å². The highest BCUT2D eigenvalue weighted by atomic mass is 31.2. The summed E-state index contributed by atoms with van der Waals surface area (Å²) in [5.74, 6) is 0.985. The molecule has 11 nitrogen and oxygen atoms in total. The molecule has 48 heavy (non-hydrogen) atoms. The van der Waals surface area contributed by atoms with Crippen molar-refractivity contribution in [3.05, 3.63) is 143 Å². The molecule has 0 aliphatic carbocycles. The third-order valence-electron chi connectivity index (χ3n) is 6.96. The van der Waals surface area contributed by atoms with E-state index in [1.807, 2.05) is 109 Å². The summed E-state index contributed by atoms with van der Waals surface area (Å²) < 4.78 is 49.2. The highest BCUT2D eigenvalue weighted by Gasteiger charge is 2.37. The minimum Gasteiger partial charge on any atom is -0.496 e. The van der Waals surface area contributed by atoms with Crippen LogP contribution >= 0.6 is 7.82 Å². The second kappa shape index (κ2) is 18.6. The second-order valence-electron chi connectivity index (χ2n) is 10.3. The summed E-state index contributed by atoms with van der Waals surface area (Å²) in [7, 11) is -0.873. The molecule has 0 radical (unpaired) electrons. The van der Waals surface area contributed by atoms with Gasteiger partial charge in [0.1, 0.15) is 24.7 Å². The average molecular weight is 679 g/mol. The lowest BCUT2D eigenvalue weighted by molar-refractivity contribution is -0.143. The van der Waals surface area contributed by atoms with E-state index < -0.39 is 19.9 Å². The Labute approximate surface area is 279 Å². The molecule has 0 bridgehead atoms. The van der Waals surface area contributed by atoms with E-state index >= 15 is 0 Å². The van der Waals surface area contributed by atoms with E-state index in [-0.39, 0.29) is 51.0 Å². The number of carbonyl (C=O) groups excluding carboxylic acids is 1. The Hall–Kier alpha value is -4.64. The number of ether oxygens (including phenoxy) is 5. The maximum atomic E-state index is 12.4. The van der Waals surface area contributed by atoms with Gasteiger partial charge < -0.3 is 33.7 Å². The number of para-hydroxylation sites is 2. The predicted octanol–water partition coefficient (Wildman–Crippen LogP) is 6.48. The SMILES string of the molecule is COc1ccccc1COC1=C(OCc2ccccc2OC)C(CCO)OC1=O.O=P(O)(OCc1ccccc1)OCc1ccccc1. The van der Waals surface area contributed by atoms with Gasteiger partial charge in [-0.3, -0.25) is 9.05 Å². The molecule has 1 heterocycles. The summed E-state index contributed by atoms with van der Waals surface area (Å²) in [5.41, 5.74) is 3.24. The van der Waals surface area contributed by atoms with Crippen LogP contribution in [-0.2, 0) is 59.0 Å². The van der Waals surface area contributed by atoms with Gasteiger partial charge in [-0.2, -0.15) is 0 Å². The minimum atomic E-state index is -4.02. The summed E-state index contributed by atoms with van der Waals surface area (Å²) >= 11 is 0. The van der Waals surface area contributed by atoms with Crippen molar-refractivity contribution >= 4 is 13.8 Å². The molecule has 0 saturated heterocycles. The Balaban J connectivity index is 0.000000237. The highest BCUT2D eigenvalue weighted by molar-refractivity contribution is 7.47.